The topological polar surface area (TPSA) is 35.0 Å². The van der Waals surface area contributed by atoms with Gasteiger partial charge in [-0.15, -0.1) is 11.3 Å². The van der Waals surface area contributed by atoms with E-state index in [9.17, 15) is 0 Å². The summed E-state index contributed by atoms with van der Waals surface area (Å²) in [6.45, 7) is 4.38. The van der Waals surface area contributed by atoms with Gasteiger partial charge in [0.2, 0.25) is 5.88 Å². The van der Waals surface area contributed by atoms with Crippen LogP contribution in [-0.2, 0) is 12.8 Å². The van der Waals surface area contributed by atoms with Gasteiger partial charge in [-0.3, -0.25) is 0 Å². The van der Waals surface area contributed by atoms with E-state index in [1.165, 1.54) is 16.9 Å². The van der Waals surface area contributed by atoms with Crippen molar-refractivity contribution in [3.8, 4) is 11.6 Å². The van der Waals surface area contributed by atoms with E-state index in [-0.39, 0.29) is 0 Å². The molecule has 4 rings (SSSR count). The van der Waals surface area contributed by atoms with Crippen molar-refractivity contribution < 1.29 is 4.74 Å². The number of hydrogen-bond donors (Lipinski definition) is 0. The molecule has 0 saturated carbocycles. The van der Waals surface area contributed by atoms with Gasteiger partial charge in [-0.25, -0.2) is 9.97 Å². The van der Waals surface area contributed by atoms with Crippen molar-refractivity contribution >= 4 is 21.6 Å². The van der Waals surface area contributed by atoms with E-state index >= 15 is 0 Å². The Kier molecular flexibility index (Phi) is 3.34. The van der Waals surface area contributed by atoms with Gasteiger partial charge in [-0.2, -0.15) is 0 Å². The highest BCUT2D eigenvalue weighted by Gasteiger charge is 2.23. The van der Waals surface area contributed by atoms with Crippen LogP contribution in [0.3, 0.4) is 0 Å². The first-order valence-corrected chi connectivity index (χ1v) is 8.52. The molecule has 0 aliphatic heterocycles. The van der Waals surface area contributed by atoms with Crippen LogP contribution in [-0.4, -0.2) is 9.97 Å². The molecule has 1 atom stereocenters. The van der Waals surface area contributed by atoms with Crippen molar-refractivity contribution in [3.63, 3.8) is 0 Å². The summed E-state index contributed by atoms with van der Waals surface area (Å²) in [6.07, 6.45) is 5.10. The average Bonchev–Trinajstić information content (AvgIpc) is 2.88. The monoisotopic (exact) mass is 310 g/mol. The number of aromatic nitrogens is 2. The van der Waals surface area contributed by atoms with E-state index in [4.69, 9.17) is 4.74 Å². The number of nitrogens with zero attached hydrogens (tertiary/aromatic N) is 2. The standard InChI is InChI=1S/C18H18N2OS/c1-11-7-8-13-15(9-11)22-18-16(13)17(19-10-20-18)21-14-6-4-3-5-12(14)2/h3-6,10-11H,7-9H2,1-2H3/t11-/m1/s1. The van der Waals surface area contributed by atoms with Crippen molar-refractivity contribution in [3.05, 3.63) is 46.6 Å². The van der Waals surface area contributed by atoms with Crippen LogP contribution in [0.4, 0.5) is 0 Å². The van der Waals surface area contributed by atoms with Gasteiger partial charge in [0.25, 0.3) is 0 Å². The lowest BCUT2D eigenvalue weighted by atomic mass is 9.89. The summed E-state index contributed by atoms with van der Waals surface area (Å²) in [7, 11) is 0. The molecule has 2 aromatic heterocycles. The van der Waals surface area contributed by atoms with Crippen molar-refractivity contribution in [1.82, 2.24) is 9.97 Å². The van der Waals surface area contributed by atoms with Gasteiger partial charge in [0.15, 0.2) is 0 Å². The summed E-state index contributed by atoms with van der Waals surface area (Å²) in [6, 6.07) is 8.06. The number of thiophene rings is 1. The van der Waals surface area contributed by atoms with E-state index in [0.717, 1.165) is 40.3 Å². The molecule has 0 bridgehead atoms. The summed E-state index contributed by atoms with van der Waals surface area (Å²) >= 11 is 1.80. The molecule has 0 N–H and O–H groups in total. The molecule has 0 saturated heterocycles. The molecule has 0 fully saturated rings. The molecule has 0 radical (unpaired) electrons. The Bertz CT molecular complexity index is 840. The lowest BCUT2D eigenvalue weighted by Gasteiger charge is -2.18. The van der Waals surface area contributed by atoms with Crippen LogP contribution in [0.15, 0.2) is 30.6 Å². The van der Waals surface area contributed by atoms with E-state index in [0.29, 0.717) is 5.88 Å². The summed E-state index contributed by atoms with van der Waals surface area (Å²) in [5.41, 5.74) is 2.52. The van der Waals surface area contributed by atoms with Crippen LogP contribution in [0.2, 0.25) is 0 Å². The highest BCUT2D eigenvalue weighted by Crippen LogP contribution is 2.41. The van der Waals surface area contributed by atoms with Crippen molar-refractivity contribution in [2.45, 2.75) is 33.1 Å². The number of aryl methyl sites for hydroxylation is 2. The Morgan fingerprint density at radius 2 is 2.09 bits per heavy atom. The molecule has 0 amide bonds. The first kappa shape index (κ1) is 13.7. The quantitative estimate of drug-likeness (QED) is 0.674. The normalized spacial score (nSPS) is 17.5. The smallest absolute Gasteiger partial charge is 0.231 e. The van der Waals surface area contributed by atoms with Gasteiger partial charge in [0.05, 0.1) is 5.39 Å². The maximum atomic E-state index is 6.13. The van der Waals surface area contributed by atoms with Gasteiger partial charge < -0.3 is 4.74 Å². The predicted molar refractivity (Wildman–Crippen MR) is 89.9 cm³/mol. The molecule has 0 unspecified atom stereocenters. The third-order valence-electron chi connectivity index (χ3n) is 4.36. The largest absolute Gasteiger partial charge is 0.438 e. The van der Waals surface area contributed by atoms with Crippen molar-refractivity contribution in [2.75, 3.05) is 0 Å². The molecule has 1 aliphatic carbocycles. The Hall–Kier alpha value is -1.94. The minimum atomic E-state index is 0.700. The zero-order chi connectivity index (χ0) is 15.1. The van der Waals surface area contributed by atoms with Gasteiger partial charge in [0.1, 0.15) is 16.9 Å². The number of ether oxygens (including phenoxy) is 1. The number of benzene rings is 1. The highest BCUT2D eigenvalue weighted by molar-refractivity contribution is 7.18. The first-order valence-electron chi connectivity index (χ1n) is 7.71. The minimum absolute atomic E-state index is 0.700. The average molecular weight is 310 g/mol. The lowest BCUT2D eigenvalue weighted by molar-refractivity contribution is 0.463. The number of fused-ring (bicyclic) bond motifs is 3. The van der Waals surface area contributed by atoms with Crippen LogP contribution in [0.5, 0.6) is 11.6 Å². The summed E-state index contributed by atoms with van der Waals surface area (Å²) in [5, 5.41) is 1.12. The van der Waals surface area contributed by atoms with E-state index in [2.05, 4.69) is 29.9 Å². The predicted octanol–water partition coefficient (Wildman–Crippen LogP) is 4.92. The van der Waals surface area contributed by atoms with Crippen molar-refractivity contribution in [1.29, 1.82) is 0 Å². The van der Waals surface area contributed by atoms with Crippen molar-refractivity contribution in [2.24, 2.45) is 5.92 Å². The molecule has 3 aromatic rings. The highest BCUT2D eigenvalue weighted by atomic mass is 32.1. The molecule has 112 valence electrons. The third kappa shape index (κ3) is 2.28. The van der Waals surface area contributed by atoms with Gasteiger partial charge in [0, 0.05) is 4.88 Å². The second-order valence-corrected chi connectivity index (χ2v) is 7.16. The maximum absolute atomic E-state index is 6.13. The molecule has 0 spiro atoms. The van der Waals surface area contributed by atoms with Crippen LogP contribution in [0.1, 0.15) is 29.3 Å². The molecule has 3 nitrogen and oxygen atoms in total. The fraction of sp³-hybridized carbons (Fsp3) is 0.333. The maximum Gasteiger partial charge on any atom is 0.231 e. The Labute approximate surface area is 134 Å². The summed E-state index contributed by atoms with van der Waals surface area (Å²) < 4.78 is 6.13. The lowest BCUT2D eigenvalue weighted by Crippen LogP contribution is -2.08. The summed E-state index contributed by atoms with van der Waals surface area (Å²) in [4.78, 5) is 11.4. The third-order valence-corrected chi connectivity index (χ3v) is 5.52. The zero-order valence-corrected chi connectivity index (χ0v) is 13.6. The number of rotatable bonds is 2. The number of hydrogen-bond acceptors (Lipinski definition) is 4. The SMILES string of the molecule is Cc1ccccc1Oc1ncnc2sc3c(c12)CC[C@@H](C)C3. The second-order valence-electron chi connectivity index (χ2n) is 6.08. The van der Waals surface area contributed by atoms with E-state index in [1.54, 1.807) is 17.7 Å². The zero-order valence-electron chi connectivity index (χ0n) is 12.8. The van der Waals surface area contributed by atoms with E-state index in [1.807, 2.05) is 18.2 Å². The van der Waals surface area contributed by atoms with E-state index < -0.39 is 0 Å². The Morgan fingerprint density at radius 3 is 2.95 bits per heavy atom. The summed E-state index contributed by atoms with van der Waals surface area (Å²) in [5.74, 6) is 2.33. The molecule has 1 aromatic carbocycles. The first-order chi connectivity index (χ1) is 10.7. The fourth-order valence-corrected chi connectivity index (χ4v) is 4.44. The Morgan fingerprint density at radius 1 is 1.23 bits per heavy atom. The van der Waals surface area contributed by atoms with Gasteiger partial charge in [-0.05, 0) is 49.3 Å². The molecular formula is C18H18N2OS. The molecule has 22 heavy (non-hydrogen) atoms. The van der Waals surface area contributed by atoms with Crippen LogP contribution in [0, 0.1) is 12.8 Å². The molecule has 1 aliphatic rings. The fourth-order valence-electron chi connectivity index (χ4n) is 3.10. The molecule has 2 heterocycles. The van der Waals surface area contributed by atoms with Gasteiger partial charge in [-0.1, -0.05) is 25.1 Å². The van der Waals surface area contributed by atoms with Crippen LogP contribution in [0.25, 0.3) is 10.2 Å². The minimum Gasteiger partial charge on any atom is -0.438 e. The Balaban J connectivity index is 1.83. The van der Waals surface area contributed by atoms with Crippen LogP contribution >= 0.6 is 11.3 Å². The van der Waals surface area contributed by atoms with Crippen LogP contribution < -0.4 is 4.74 Å². The molecular weight excluding hydrogens is 292 g/mol. The second kappa shape index (κ2) is 5.36. The molecule has 4 heteroatoms. The van der Waals surface area contributed by atoms with Gasteiger partial charge >= 0.3 is 0 Å². The number of para-hydroxylation sites is 1.